The zero-order chi connectivity index (χ0) is 9.52. The highest BCUT2D eigenvalue weighted by Gasteiger charge is 1.97. The van der Waals surface area contributed by atoms with Gasteiger partial charge in [-0.3, -0.25) is 0 Å². The van der Waals surface area contributed by atoms with Gasteiger partial charge < -0.3 is 4.74 Å². The van der Waals surface area contributed by atoms with Crippen LogP contribution >= 0.6 is 0 Å². The molecule has 0 unspecified atom stereocenters. The summed E-state index contributed by atoms with van der Waals surface area (Å²) in [5.74, 6) is 0. The Morgan fingerprint density at radius 3 is 2.69 bits per heavy atom. The molecule has 0 N–H and O–H groups in total. The molecule has 0 spiro atoms. The van der Waals surface area contributed by atoms with Crippen molar-refractivity contribution in [2.75, 3.05) is 13.7 Å². The molecule has 0 amide bonds. The lowest BCUT2D eigenvalue weighted by molar-refractivity contribution is 0.234. The lowest BCUT2D eigenvalue weighted by Gasteiger charge is -1.97. The van der Waals surface area contributed by atoms with E-state index in [0.717, 1.165) is 5.56 Å². The van der Waals surface area contributed by atoms with E-state index < -0.39 is 0 Å². The normalized spacial score (nSPS) is 10.9. The molecule has 0 aromatic heterocycles. The molecule has 0 radical (unpaired) electrons. The van der Waals surface area contributed by atoms with Crippen LogP contribution in [-0.2, 0) is 4.74 Å². The average Bonchev–Trinajstić information content (AvgIpc) is 2.21. The smallest absolute Gasteiger partial charge is 0.0995 e. The molecule has 0 aliphatic carbocycles. The van der Waals surface area contributed by atoms with Gasteiger partial charge in [0.05, 0.1) is 18.2 Å². The highest BCUT2D eigenvalue weighted by atomic mass is 16.5. The van der Waals surface area contributed by atoms with Crippen molar-refractivity contribution in [2.45, 2.75) is 0 Å². The van der Waals surface area contributed by atoms with Crippen LogP contribution in [0.2, 0.25) is 0 Å². The van der Waals surface area contributed by atoms with Crippen LogP contribution in [0.25, 0.3) is 5.57 Å². The molecule has 0 atom stereocenters. The van der Waals surface area contributed by atoms with Crippen LogP contribution in [0.5, 0.6) is 0 Å². The van der Waals surface area contributed by atoms with E-state index in [2.05, 4.69) is 6.07 Å². The molecular weight excluding hydrogens is 162 g/mol. The molecule has 0 saturated carbocycles. The van der Waals surface area contributed by atoms with E-state index in [1.165, 1.54) is 0 Å². The number of hydrogen-bond acceptors (Lipinski definition) is 2. The summed E-state index contributed by atoms with van der Waals surface area (Å²) >= 11 is 0. The number of hydrogen-bond donors (Lipinski definition) is 0. The van der Waals surface area contributed by atoms with E-state index in [1.54, 1.807) is 13.2 Å². The highest BCUT2D eigenvalue weighted by molar-refractivity contribution is 5.76. The summed E-state index contributed by atoms with van der Waals surface area (Å²) in [7, 11) is 1.61. The van der Waals surface area contributed by atoms with Gasteiger partial charge in [0.1, 0.15) is 0 Å². The van der Waals surface area contributed by atoms with E-state index in [9.17, 15) is 0 Å². The van der Waals surface area contributed by atoms with Crippen LogP contribution in [-0.4, -0.2) is 13.7 Å². The monoisotopic (exact) mass is 173 g/mol. The standard InChI is InChI=1S/C11H11NO/c1-13-8-7-11(9-12)10-5-3-2-4-6-10/h2-7H,8H2,1H3/b11-7-. The van der Waals surface area contributed by atoms with Crippen LogP contribution in [0.15, 0.2) is 36.4 Å². The fraction of sp³-hybridized carbons (Fsp3) is 0.182. The van der Waals surface area contributed by atoms with Gasteiger partial charge in [-0.1, -0.05) is 30.3 Å². The summed E-state index contributed by atoms with van der Waals surface area (Å²) in [6.45, 7) is 0.470. The van der Waals surface area contributed by atoms with Gasteiger partial charge in [0.25, 0.3) is 0 Å². The molecule has 0 fully saturated rings. The Morgan fingerprint density at radius 2 is 2.15 bits per heavy atom. The maximum Gasteiger partial charge on any atom is 0.0995 e. The average molecular weight is 173 g/mol. The molecule has 0 bridgehead atoms. The summed E-state index contributed by atoms with van der Waals surface area (Å²) < 4.78 is 4.87. The van der Waals surface area contributed by atoms with E-state index in [-0.39, 0.29) is 0 Å². The van der Waals surface area contributed by atoms with E-state index in [0.29, 0.717) is 12.2 Å². The summed E-state index contributed by atoms with van der Waals surface area (Å²) in [6, 6.07) is 11.7. The first-order valence-corrected chi connectivity index (χ1v) is 4.03. The van der Waals surface area contributed by atoms with Crippen molar-refractivity contribution < 1.29 is 4.74 Å². The van der Waals surface area contributed by atoms with Gasteiger partial charge in [-0.25, -0.2) is 0 Å². The fourth-order valence-electron chi connectivity index (χ4n) is 1.01. The Bertz CT molecular complexity index is 322. The van der Waals surface area contributed by atoms with Crippen LogP contribution in [0.4, 0.5) is 0 Å². The first-order valence-electron chi connectivity index (χ1n) is 4.03. The molecule has 1 rings (SSSR count). The fourth-order valence-corrected chi connectivity index (χ4v) is 1.01. The Morgan fingerprint density at radius 1 is 1.46 bits per heavy atom. The molecule has 2 heteroatoms. The molecule has 2 nitrogen and oxygen atoms in total. The van der Waals surface area contributed by atoms with Crippen molar-refractivity contribution >= 4 is 5.57 Å². The Labute approximate surface area is 78.1 Å². The largest absolute Gasteiger partial charge is 0.381 e. The van der Waals surface area contributed by atoms with Crippen LogP contribution in [0, 0.1) is 11.3 Å². The second-order valence-corrected chi connectivity index (χ2v) is 2.55. The second kappa shape index (κ2) is 5.13. The second-order valence-electron chi connectivity index (χ2n) is 2.55. The van der Waals surface area contributed by atoms with E-state index in [4.69, 9.17) is 10.00 Å². The molecule has 1 aromatic rings. The molecule has 1 aromatic carbocycles. The number of ether oxygens (including phenoxy) is 1. The van der Waals surface area contributed by atoms with Gasteiger partial charge in [0, 0.05) is 7.11 Å². The molecule has 0 aliphatic heterocycles. The molecule has 66 valence electrons. The third kappa shape index (κ3) is 2.73. The van der Waals surface area contributed by atoms with Crippen molar-refractivity contribution in [3.63, 3.8) is 0 Å². The number of rotatable bonds is 3. The van der Waals surface area contributed by atoms with Gasteiger partial charge in [-0.05, 0) is 11.6 Å². The lowest BCUT2D eigenvalue weighted by Crippen LogP contribution is -1.86. The summed E-state index contributed by atoms with van der Waals surface area (Å²) in [4.78, 5) is 0. The minimum Gasteiger partial charge on any atom is -0.381 e. The third-order valence-corrected chi connectivity index (χ3v) is 1.66. The van der Waals surface area contributed by atoms with Crippen molar-refractivity contribution in [1.82, 2.24) is 0 Å². The predicted octanol–water partition coefficient (Wildman–Crippen LogP) is 2.24. The molecule has 0 heterocycles. The summed E-state index contributed by atoms with van der Waals surface area (Å²) in [5.41, 5.74) is 1.59. The molecule has 0 saturated heterocycles. The maximum absolute atomic E-state index is 8.83. The minimum atomic E-state index is 0.470. The highest BCUT2D eigenvalue weighted by Crippen LogP contribution is 2.11. The molecule has 0 aliphatic rings. The van der Waals surface area contributed by atoms with Gasteiger partial charge in [0.2, 0.25) is 0 Å². The topological polar surface area (TPSA) is 33.0 Å². The summed E-state index contributed by atoms with van der Waals surface area (Å²) in [5, 5.41) is 8.83. The van der Waals surface area contributed by atoms with Crippen LogP contribution in [0.3, 0.4) is 0 Å². The van der Waals surface area contributed by atoms with Crippen LogP contribution < -0.4 is 0 Å². The number of nitrogens with zero attached hydrogens (tertiary/aromatic N) is 1. The van der Waals surface area contributed by atoms with Crippen molar-refractivity contribution in [1.29, 1.82) is 5.26 Å². The van der Waals surface area contributed by atoms with Crippen LogP contribution in [0.1, 0.15) is 5.56 Å². The zero-order valence-corrected chi connectivity index (χ0v) is 7.53. The van der Waals surface area contributed by atoms with Gasteiger partial charge in [-0.15, -0.1) is 0 Å². The van der Waals surface area contributed by atoms with Gasteiger partial charge >= 0.3 is 0 Å². The van der Waals surface area contributed by atoms with Gasteiger partial charge in [0.15, 0.2) is 0 Å². The first kappa shape index (κ1) is 9.50. The predicted molar refractivity (Wildman–Crippen MR) is 51.9 cm³/mol. The zero-order valence-electron chi connectivity index (χ0n) is 7.53. The SMILES string of the molecule is COC/C=C(/C#N)c1ccccc1. The van der Waals surface area contributed by atoms with E-state index in [1.807, 2.05) is 30.3 Å². The summed E-state index contributed by atoms with van der Waals surface area (Å²) in [6.07, 6.45) is 1.77. The van der Waals surface area contributed by atoms with E-state index >= 15 is 0 Å². The number of allylic oxidation sites excluding steroid dienone is 1. The van der Waals surface area contributed by atoms with Gasteiger partial charge in [-0.2, -0.15) is 5.26 Å². The third-order valence-electron chi connectivity index (χ3n) is 1.66. The minimum absolute atomic E-state index is 0.470. The Hall–Kier alpha value is -1.59. The quantitative estimate of drug-likeness (QED) is 0.657. The Kier molecular flexibility index (Phi) is 3.74. The van der Waals surface area contributed by atoms with Crippen molar-refractivity contribution in [3.8, 4) is 6.07 Å². The van der Waals surface area contributed by atoms with Crippen molar-refractivity contribution in [3.05, 3.63) is 42.0 Å². The first-order chi connectivity index (χ1) is 6.38. The molecular formula is C11H11NO. The Balaban J connectivity index is 2.87. The number of methoxy groups -OCH3 is 1. The number of nitriles is 1. The number of benzene rings is 1. The lowest BCUT2D eigenvalue weighted by atomic mass is 10.1. The van der Waals surface area contributed by atoms with Crippen molar-refractivity contribution in [2.24, 2.45) is 0 Å². The maximum atomic E-state index is 8.83. The molecule has 13 heavy (non-hydrogen) atoms.